The van der Waals surface area contributed by atoms with E-state index >= 15 is 0 Å². The van der Waals surface area contributed by atoms with E-state index in [1.165, 1.54) is 24.3 Å². The van der Waals surface area contributed by atoms with Crippen LogP contribution >= 0.6 is 0 Å². The van der Waals surface area contributed by atoms with Gasteiger partial charge < -0.3 is 15.2 Å². The van der Waals surface area contributed by atoms with Crippen LogP contribution in [-0.2, 0) is 11.3 Å². The highest BCUT2D eigenvalue weighted by molar-refractivity contribution is 6.06. The third-order valence-corrected chi connectivity index (χ3v) is 4.16. The Labute approximate surface area is 175 Å². The van der Waals surface area contributed by atoms with Crippen LogP contribution in [-0.4, -0.2) is 37.2 Å². The lowest BCUT2D eigenvalue weighted by molar-refractivity contribution is -0.117. The molecule has 2 amide bonds. The average Bonchev–Trinajstić information content (AvgIpc) is 3.37. The normalized spacial score (nSPS) is 10.6. The summed E-state index contributed by atoms with van der Waals surface area (Å²) in [7, 11) is 0. The summed E-state index contributed by atoms with van der Waals surface area (Å²) in [6.45, 7) is 1.52. The van der Waals surface area contributed by atoms with E-state index in [9.17, 15) is 14.0 Å². The molecule has 0 bridgehead atoms. The molecule has 0 aliphatic rings. The standard InChI is InChI=1S/C20H16FN7O3/c1-12-10-17(26-31-12)23-18(29)11-28-25-19(24-27-28)15-4-2-3-5-16(15)22-20(30)13-6-8-14(21)9-7-13/h2-10H,11H2,1H3,(H,22,30)(H,23,26,29). The lowest BCUT2D eigenvalue weighted by Gasteiger charge is -2.08. The molecule has 0 unspecified atom stereocenters. The average molecular weight is 421 g/mol. The molecule has 0 saturated carbocycles. The van der Waals surface area contributed by atoms with E-state index in [0.29, 0.717) is 22.6 Å². The zero-order chi connectivity index (χ0) is 21.8. The van der Waals surface area contributed by atoms with E-state index in [1.807, 2.05) is 0 Å². The van der Waals surface area contributed by atoms with Crippen molar-refractivity contribution >= 4 is 23.3 Å². The molecular weight excluding hydrogens is 405 g/mol. The van der Waals surface area contributed by atoms with E-state index in [4.69, 9.17) is 4.52 Å². The summed E-state index contributed by atoms with van der Waals surface area (Å²) in [5.74, 6) is -0.176. The molecule has 2 aromatic heterocycles. The monoisotopic (exact) mass is 421 g/mol. The van der Waals surface area contributed by atoms with Gasteiger partial charge in [0.05, 0.1) is 5.69 Å². The molecule has 31 heavy (non-hydrogen) atoms. The number of rotatable bonds is 6. The number of carbonyl (C=O) groups excluding carboxylic acids is 2. The maximum Gasteiger partial charge on any atom is 0.255 e. The highest BCUT2D eigenvalue weighted by Crippen LogP contribution is 2.25. The molecule has 2 heterocycles. The number of carbonyl (C=O) groups is 2. The van der Waals surface area contributed by atoms with Crippen LogP contribution in [0.25, 0.3) is 11.4 Å². The number of hydrogen-bond acceptors (Lipinski definition) is 7. The van der Waals surface area contributed by atoms with Crippen molar-refractivity contribution in [3.63, 3.8) is 0 Å². The first-order chi connectivity index (χ1) is 15.0. The fourth-order valence-electron chi connectivity index (χ4n) is 2.74. The van der Waals surface area contributed by atoms with Crippen LogP contribution in [0.1, 0.15) is 16.1 Å². The first-order valence-corrected chi connectivity index (χ1v) is 9.15. The number of nitrogens with one attached hydrogen (secondary N) is 2. The van der Waals surface area contributed by atoms with E-state index in [-0.39, 0.29) is 18.2 Å². The quantitative estimate of drug-likeness (QED) is 0.490. The van der Waals surface area contributed by atoms with Crippen molar-refractivity contribution in [3.05, 3.63) is 71.7 Å². The molecule has 0 fully saturated rings. The minimum absolute atomic E-state index is 0.191. The maximum atomic E-state index is 13.1. The molecule has 0 aliphatic carbocycles. The van der Waals surface area contributed by atoms with Gasteiger partial charge in [0.2, 0.25) is 11.7 Å². The van der Waals surface area contributed by atoms with Gasteiger partial charge in [-0.25, -0.2) is 4.39 Å². The van der Waals surface area contributed by atoms with Crippen molar-refractivity contribution < 1.29 is 18.5 Å². The SMILES string of the molecule is Cc1cc(NC(=O)Cn2nnc(-c3ccccc3NC(=O)c3ccc(F)cc3)n2)no1. The molecule has 0 atom stereocenters. The third-order valence-electron chi connectivity index (χ3n) is 4.16. The van der Waals surface area contributed by atoms with E-state index in [2.05, 4.69) is 31.2 Å². The van der Waals surface area contributed by atoms with Gasteiger partial charge in [-0.3, -0.25) is 9.59 Å². The molecule has 11 heteroatoms. The number of benzene rings is 2. The summed E-state index contributed by atoms with van der Waals surface area (Å²) in [5, 5.41) is 21.1. The summed E-state index contributed by atoms with van der Waals surface area (Å²) in [6, 6.07) is 13.6. The first-order valence-electron chi connectivity index (χ1n) is 9.15. The highest BCUT2D eigenvalue weighted by Gasteiger charge is 2.15. The largest absolute Gasteiger partial charge is 0.360 e. The first kappa shape index (κ1) is 19.9. The van der Waals surface area contributed by atoms with E-state index < -0.39 is 17.6 Å². The van der Waals surface area contributed by atoms with Crippen LogP contribution < -0.4 is 10.6 Å². The maximum absolute atomic E-state index is 13.1. The summed E-state index contributed by atoms with van der Waals surface area (Å²) >= 11 is 0. The van der Waals surface area contributed by atoms with E-state index in [0.717, 1.165) is 4.80 Å². The second-order valence-corrected chi connectivity index (χ2v) is 6.52. The Morgan fingerprint density at radius 2 is 1.87 bits per heavy atom. The molecule has 0 radical (unpaired) electrons. The van der Waals surface area contributed by atoms with Crippen LogP contribution in [0.15, 0.2) is 59.1 Å². The fraction of sp³-hybridized carbons (Fsp3) is 0.100. The van der Waals surface area contributed by atoms with Crippen molar-refractivity contribution in [1.29, 1.82) is 0 Å². The molecule has 0 aliphatic heterocycles. The molecule has 0 saturated heterocycles. The number of aryl methyl sites for hydroxylation is 1. The Morgan fingerprint density at radius 1 is 1.10 bits per heavy atom. The van der Waals surface area contributed by atoms with Gasteiger partial charge in [0.25, 0.3) is 5.91 Å². The Hall–Kier alpha value is -4.41. The number of tetrazole rings is 1. The van der Waals surface area contributed by atoms with Crippen molar-refractivity contribution in [2.75, 3.05) is 10.6 Å². The van der Waals surface area contributed by atoms with Gasteiger partial charge in [-0.15, -0.1) is 10.2 Å². The fourth-order valence-corrected chi connectivity index (χ4v) is 2.74. The molecule has 2 N–H and O–H groups in total. The van der Waals surface area contributed by atoms with Gasteiger partial charge >= 0.3 is 0 Å². The van der Waals surface area contributed by atoms with Crippen molar-refractivity contribution in [1.82, 2.24) is 25.4 Å². The number of anilines is 2. The Balaban J connectivity index is 1.48. The van der Waals surface area contributed by atoms with Crippen molar-refractivity contribution in [2.45, 2.75) is 13.5 Å². The van der Waals surface area contributed by atoms with Crippen LogP contribution in [0.5, 0.6) is 0 Å². The number of amides is 2. The summed E-state index contributed by atoms with van der Waals surface area (Å²) in [6.07, 6.45) is 0. The third kappa shape index (κ3) is 4.78. The molecule has 10 nitrogen and oxygen atoms in total. The van der Waals surface area contributed by atoms with Gasteiger partial charge in [-0.1, -0.05) is 17.3 Å². The van der Waals surface area contributed by atoms with Gasteiger partial charge in [-0.05, 0) is 48.5 Å². The zero-order valence-corrected chi connectivity index (χ0v) is 16.2. The highest BCUT2D eigenvalue weighted by atomic mass is 19.1. The zero-order valence-electron chi connectivity index (χ0n) is 16.2. The Morgan fingerprint density at radius 3 is 2.61 bits per heavy atom. The molecule has 4 rings (SSSR count). The minimum atomic E-state index is -0.430. The second kappa shape index (κ2) is 8.53. The Bertz CT molecular complexity index is 1230. The second-order valence-electron chi connectivity index (χ2n) is 6.52. The predicted molar refractivity (Wildman–Crippen MR) is 107 cm³/mol. The smallest absolute Gasteiger partial charge is 0.255 e. The van der Waals surface area contributed by atoms with Gasteiger partial charge in [0.1, 0.15) is 18.1 Å². The number of aromatic nitrogens is 5. The summed E-state index contributed by atoms with van der Waals surface area (Å²) < 4.78 is 18.0. The molecule has 156 valence electrons. The summed E-state index contributed by atoms with van der Waals surface area (Å²) in [4.78, 5) is 25.7. The van der Waals surface area contributed by atoms with Gasteiger partial charge in [0.15, 0.2) is 5.82 Å². The lowest BCUT2D eigenvalue weighted by atomic mass is 10.1. The predicted octanol–water partition coefficient (Wildman–Crippen LogP) is 2.67. The van der Waals surface area contributed by atoms with Crippen LogP contribution in [0.3, 0.4) is 0 Å². The van der Waals surface area contributed by atoms with E-state index in [1.54, 1.807) is 37.3 Å². The molecule has 2 aromatic carbocycles. The topological polar surface area (TPSA) is 128 Å². The number of nitrogens with zero attached hydrogens (tertiary/aromatic N) is 5. The lowest BCUT2D eigenvalue weighted by Crippen LogP contribution is -2.20. The molecule has 0 spiro atoms. The van der Waals surface area contributed by atoms with Gasteiger partial charge in [0, 0.05) is 17.2 Å². The van der Waals surface area contributed by atoms with Crippen LogP contribution in [0.2, 0.25) is 0 Å². The Kier molecular flexibility index (Phi) is 5.47. The van der Waals surface area contributed by atoms with Crippen molar-refractivity contribution in [3.8, 4) is 11.4 Å². The summed E-state index contributed by atoms with van der Waals surface area (Å²) in [5.41, 5.74) is 1.25. The van der Waals surface area contributed by atoms with Gasteiger partial charge in [-0.2, -0.15) is 4.80 Å². The minimum Gasteiger partial charge on any atom is -0.360 e. The number of hydrogen-bond donors (Lipinski definition) is 2. The molecule has 4 aromatic rings. The molecular formula is C20H16FN7O3. The number of halogens is 1. The van der Waals surface area contributed by atoms with Crippen LogP contribution in [0, 0.1) is 12.7 Å². The number of para-hydroxylation sites is 1. The van der Waals surface area contributed by atoms with Crippen molar-refractivity contribution in [2.24, 2.45) is 0 Å². The van der Waals surface area contributed by atoms with Crippen LogP contribution in [0.4, 0.5) is 15.9 Å².